The molecular formula is C21H21FN2O3S. The Balaban J connectivity index is 1.79. The van der Waals surface area contributed by atoms with Crippen molar-refractivity contribution < 1.29 is 17.6 Å². The monoisotopic (exact) mass is 400 g/mol. The lowest BCUT2D eigenvalue weighted by Gasteiger charge is -2.11. The summed E-state index contributed by atoms with van der Waals surface area (Å²) in [6.45, 7) is 3.85. The van der Waals surface area contributed by atoms with Gasteiger partial charge in [-0.3, -0.25) is 4.79 Å². The third-order valence-electron chi connectivity index (χ3n) is 4.57. The predicted octanol–water partition coefficient (Wildman–Crippen LogP) is 3.57. The third-order valence-corrected chi connectivity index (χ3v) is 5.70. The third kappa shape index (κ3) is 3.99. The van der Waals surface area contributed by atoms with Gasteiger partial charge in [0.1, 0.15) is 5.82 Å². The molecule has 1 amide bonds. The Kier molecular flexibility index (Phi) is 5.38. The number of halogens is 1. The summed E-state index contributed by atoms with van der Waals surface area (Å²) in [5.41, 5.74) is 3.04. The average molecular weight is 400 g/mol. The Morgan fingerprint density at radius 1 is 1.07 bits per heavy atom. The lowest BCUT2D eigenvalue weighted by atomic mass is 10.2. The minimum atomic E-state index is -3.25. The number of nitrogens with zero attached hydrogens (tertiary/aromatic N) is 1. The van der Waals surface area contributed by atoms with Gasteiger partial charge in [-0.2, -0.15) is 0 Å². The van der Waals surface area contributed by atoms with Crippen LogP contribution in [0.4, 0.5) is 4.39 Å². The van der Waals surface area contributed by atoms with Crippen LogP contribution >= 0.6 is 0 Å². The lowest BCUT2D eigenvalue weighted by molar-refractivity contribution is 0.0950. The Labute approximate surface area is 163 Å². The maximum Gasteiger partial charge on any atom is 0.253 e. The second kappa shape index (κ2) is 7.59. The van der Waals surface area contributed by atoms with Crippen molar-refractivity contribution in [3.8, 4) is 5.69 Å². The highest BCUT2D eigenvalue weighted by Gasteiger charge is 2.18. The van der Waals surface area contributed by atoms with Crippen LogP contribution in [0.25, 0.3) is 5.69 Å². The molecule has 28 heavy (non-hydrogen) atoms. The van der Waals surface area contributed by atoms with Crippen LogP contribution in [0.2, 0.25) is 0 Å². The average Bonchev–Trinajstić information content (AvgIpc) is 2.94. The predicted molar refractivity (Wildman–Crippen MR) is 106 cm³/mol. The fourth-order valence-corrected chi connectivity index (χ4v) is 3.76. The Bertz CT molecular complexity index is 1130. The van der Waals surface area contributed by atoms with Crippen LogP contribution in [-0.2, 0) is 16.4 Å². The minimum absolute atomic E-state index is 0.232. The number of hydrogen-bond donors (Lipinski definition) is 1. The van der Waals surface area contributed by atoms with Crippen molar-refractivity contribution in [2.24, 2.45) is 0 Å². The first-order valence-electron chi connectivity index (χ1n) is 8.69. The van der Waals surface area contributed by atoms with Gasteiger partial charge in [-0.05, 0) is 49.7 Å². The topological polar surface area (TPSA) is 68.2 Å². The summed E-state index contributed by atoms with van der Waals surface area (Å²) in [7, 11) is -3.25. The van der Waals surface area contributed by atoms with E-state index >= 15 is 0 Å². The molecule has 5 nitrogen and oxygen atoms in total. The normalized spacial score (nSPS) is 11.4. The summed E-state index contributed by atoms with van der Waals surface area (Å²) in [5, 5.41) is 2.83. The van der Waals surface area contributed by atoms with Gasteiger partial charge in [0.25, 0.3) is 5.91 Å². The highest BCUT2D eigenvalue weighted by Crippen LogP contribution is 2.23. The highest BCUT2D eigenvalue weighted by atomic mass is 32.2. The number of aromatic nitrogens is 1. The second-order valence-electron chi connectivity index (χ2n) is 6.67. The van der Waals surface area contributed by atoms with E-state index in [1.165, 1.54) is 18.2 Å². The fourth-order valence-electron chi connectivity index (χ4n) is 3.13. The van der Waals surface area contributed by atoms with Gasteiger partial charge in [-0.15, -0.1) is 0 Å². The molecule has 0 atom stereocenters. The number of para-hydroxylation sites is 1. The number of rotatable bonds is 5. The molecule has 146 valence electrons. The molecule has 1 heterocycles. The van der Waals surface area contributed by atoms with E-state index in [4.69, 9.17) is 0 Å². The largest absolute Gasteiger partial charge is 0.348 e. The second-order valence-corrected chi connectivity index (χ2v) is 8.69. The SMILES string of the molecule is Cc1cc(C(=O)NCc2ccc(S(C)(=O)=O)cc2)c(C)n1-c1ccccc1F. The maximum atomic E-state index is 14.2. The standard InChI is InChI=1S/C21H21FN2O3S/c1-14-12-18(15(2)24(14)20-7-5-4-6-19(20)22)21(25)23-13-16-8-10-17(11-9-16)28(3,26)27/h4-12H,13H2,1-3H3,(H,23,25). The molecule has 0 bridgehead atoms. The van der Waals surface area contributed by atoms with Gasteiger partial charge in [-0.25, -0.2) is 12.8 Å². The number of hydrogen-bond acceptors (Lipinski definition) is 3. The number of carbonyl (C=O) groups is 1. The van der Waals surface area contributed by atoms with Crippen molar-refractivity contribution in [3.05, 3.63) is 82.9 Å². The van der Waals surface area contributed by atoms with Crippen LogP contribution in [0.1, 0.15) is 27.3 Å². The van der Waals surface area contributed by atoms with Crippen LogP contribution in [-0.4, -0.2) is 25.1 Å². The summed E-state index contributed by atoms with van der Waals surface area (Å²) in [5.74, 6) is -0.634. The van der Waals surface area contributed by atoms with Gasteiger partial charge >= 0.3 is 0 Å². The molecule has 1 aromatic heterocycles. The van der Waals surface area contributed by atoms with Gasteiger partial charge in [0.05, 0.1) is 16.1 Å². The summed E-state index contributed by atoms with van der Waals surface area (Å²) in [4.78, 5) is 12.9. The van der Waals surface area contributed by atoms with Gasteiger partial charge < -0.3 is 9.88 Å². The zero-order chi connectivity index (χ0) is 20.5. The first-order chi connectivity index (χ1) is 13.2. The van der Waals surface area contributed by atoms with E-state index in [0.29, 0.717) is 16.9 Å². The van der Waals surface area contributed by atoms with Crippen LogP contribution in [0.15, 0.2) is 59.5 Å². The molecule has 0 radical (unpaired) electrons. The van der Waals surface area contributed by atoms with E-state index in [-0.39, 0.29) is 23.2 Å². The van der Waals surface area contributed by atoms with Crippen molar-refractivity contribution in [1.82, 2.24) is 9.88 Å². The molecular weight excluding hydrogens is 379 g/mol. The van der Waals surface area contributed by atoms with E-state index in [0.717, 1.165) is 17.5 Å². The van der Waals surface area contributed by atoms with Crippen LogP contribution in [0.5, 0.6) is 0 Å². The van der Waals surface area contributed by atoms with Gasteiger partial charge in [0.15, 0.2) is 9.84 Å². The zero-order valence-corrected chi connectivity index (χ0v) is 16.7. The van der Waals surface area contributed by atoms with Crippen molar-refractivity contribution >= 4 is 15.7 Å². The minimum Gasteiger partial charge on any atom is -0.348 e. The molecule has 0 aliphatic rings. The number of nitrogens with one attached hydrogen (secondary N) is 1. The van der Waals surface area contributed by atoms with Gasteiger partial charge in [-0.1, -0.05) is 24.3 Å². The Morgan fingerprint density at radius 2 is 1.71 bits per heavy atom. The van der Waals surface area contributed by atoms with E-state index in [1.54, 1.807) is 47.9 Å². The molecule has 2 aromatic carbocycles. The van der Waals surface area contributed by atoms with Crippen molar-refractivity contribution in [2.75, 3.05) is 6.26 Å². The fraction of sp³-hybridized carbons (Fsp3) is 0.190. The first-order valence-corrected chi connectivity index (χ1v) is 10.6. The van der Waals surface area contributed by atoms with Gasteiger partial charge in [0, 0.05) is 24.2 Å². The number of benzene rings is 2. The lowest BCUT2D eigenvalue weighted by Crippen LogP contribution is -2.23. The maximum absolute atomic E-state index is 14.2. The molecule has 0 spiro atoms. The number of amides is 1. The number of aryl methyl sites for hydroxylation is 1. The van der Waals surface area contributed by atoms with E-state index in [1.807, 2.05) is 6.92 Å². The Hall–Kier alpha value is -2.93. The van der Waals surface area contributed by atoms with Crippen molar-refractivity contribution in [1.29, 1.82) is 0 Å². The molecule has 0 aliphatic heterocycles. The van der Waals surface area contributed by atoms with Crippen LogP contribution in [0, 0.1) is 19.7 Å². The smallest absolute Gasteiger partial charge is 0.253 e. The number of carbonyl (C=O) groups excluding carboxylic acids is 1. The van der Waals surface area contributed by atoms with E-state index < -0.39 is 9.84 Å². The summed E-state index contributed by atoms with van der Waals surface area (Å²) < 4.78 is 38.9. The van der Waals surface area contributed by atoms with Gasteiger partial charge in [0.2, 0.25) is 0 Å². The number of sulfone groups is 1. The van der Waals surface area contributed by atoms with Crippen molar-refractivity contribution in [3.63, 3.8) is 0 Å². The molecule has 0 unspecified atom stereocenters. The van der Waals surface area contributed by atoms with Crippen LogP contribution in [0.3, 0.4) is 0 Å². The molecule has 3 aromatic rings. The summed E-state index contributed by atoms with van der Waals surface area (Å²) in [6, 6.07) is 14.5. The van der Waals surface area contributed by atoms with Crippen molar-refractivity contribution in [2.45, 2.75) is 25.3 Å². The molecule has 3 rings (SSSR count). The molecule has 7 heteroatoms. The molecule has 1 N–H and O–H groups in total. The highest BCUT2D eigenvalue weighted by molar-refractivity contribution is 7.90. The van der Waals surface area contributed by atoms with E-state index in [2.05, 4.69) is 5.32 Å². The molecule has 0 saturated carbocycles. The quantitative estimate of drug-likeness (QED) is 0.712. The zero-order valence-electron chi connectivity index (χ0n) is 15.9. The summed E-state index contributed by atoms with van der Waals surface area (Å²) in [6.07, 6.45) is 1.15. The Morgan fingerprint density at radius 3 is 2.32 bits per heavy atom. The molecule has 0 fully saturated rings. The summed E-state index contributed by atoms with van der Waals surface area (Å²) >= 11 is 0. The first kappa shape index (κ1) is 19.8. The van der Waals surface area contributed by atoms with Crippen LogP contribution < -0.4 is 5.32 Å². The molecule has 0 aliphatic carbocycles. The van der Waals surface area contributed by atoms with E-state index in [9.17, 15) is 17.6 Å². The molecule has 0 saturated heterocycles.